The summed E-state index contributed by atoms with van der Waals surface area (Å²) in [5, 5.41) is 25.7. The molecule has 9 heteroatoms. The van der Waals surface area contributed by atoms with Crippen LogP contribution in [-0.2, 0) is 15.9 Å². The molecule has 190 valence electrons. The van der Waals surface area contributed by atoms with E-state index in [2.05, 4.69) is 29.0 Å². The summed E-state index contributed by atoms with van der Waals surface area (Å²) in [4.78, 5) is 4.62. The van der Waals surface area contributed by atoms with Crippen molar-refractivity contribution in [3.05, 3.63) is 34.9 Å². The summed E-state index contributed by atoms with van der Waals surface area (Å²) in [5.74, 6) is -1.45. The molecule has 4 heterocycles. The first-order chi connectivity index (χ1) is 16.4. The molecule has 0 radical (unpaired) electrons. The van der Waals surface area contributed by atoms with Crippen LogP contribution in [0.15, 0.2) is 12.1 Å². The molecule has 0 bridgehead atoms. The van der Waals surface area contributed by atoms with E-state index >= 15 is 0 Å². The molecule has 8 atom stereocenters. The lowest BCUT2D eigenvalue weighted by Crippen LogP contribution is -2.63. The first-order valence-corrected chi connectivity index (χ1v) is 12.7. The molecular formula is C25H37F2N3O4. The maximum absolute atomic E-state index is 14.1. The van der Waals surface area contributed by atoms with Crippen molar-refractivity contribution in [3.63, 3.8) is 0 Å². The van der Waals surface area contributed by atoms with E-state index in [4.69, 9.17) is 9.47 Å². The average Bonchev–Trinajstić information content (AvgIpc) is 3.38. The Bertz CT molecular complexity index is 877. The van der Waals surface area contributed by atoms with Crippen LogP contribution in [0.2, 0.25) is 0 Å². The van der Waals surface area contributed by atoms with E-state index in [0.717, 1.165) is 45.1 Å². The van der Waals surface area contributed by atoms with Crippen molar-refractivity contribution in [3.8, 4) is 0 Å². The van der Waals surface area contributed by atoms with E-state index in [0.29, 0.717) is 36.1 Å². The zero-order chi connectivity index (χ0) is 24.0. The number of likely N-dealkylation sites (tertiary alicyclic amines) is 1. The van der Waals surface area contributed by atoms with Crippen LogP contribution in [-0.4, -0.2) is 83.1 Å². The number of hydrogen-bond donors (Lipinski definition) is 3. The largest absolute Gasteiger partial charge is 0.387 e. The highest BCUT2D eigenvalue weighted by atomic mass is 19.2. The van der Waals surface area contributed by atoms with Crippen molar-refractivity contribution in [1.29, 1.82) is 0 Å². The summed E-state index contributed by atoms with van der Waals surface area (Å²) in [7, 11) is 0. The fraction of sp³-hybridized carbons (Fsp3) is 0.760. The van der Waals surface area contributed by atoms with Crippen LogP contribution in [0.4, 0.5) is 8.78 Å². The van der Waals surface area contributed by atoms with Gasteiger partial charge in [0.15, 0.2) is 11.6 Å². The Morgan fingerprint density at radius 1 is 1.15 bits per heavy atom. The fourth-order valence-corrected chi connectivity index (χ4v) is 6.33. The highest BCUT2D eigenvalue weighted by Gasteiger charge is 2.55. The molecule has 0 aliphatic carbocycles. The molecule has 3 unspecified atom stereocenters. The molecule has 1 aromatic carbocycles. The van der Waals surface area contributed by atoms with Crippen molar-refractivity contribution < 1.29 is 28.5 Å². The Kier molecular flexibility index (Phi) is 7.24. The highest BCUT2D eigenvalue weighted by Crippen LogP contribution is 2.42. The summed E-state index contributed by atoms with van der Waals surface area (Å²) in [6.07, 6.45) is 0.357. The maximum atomic E-state index is 14.1. The Hall–Kier alpha value is -1.20. The molecule has 0 spiro atoms. The Morgan fingerprint density at radius 3 is 2.74 bits per heavy atom. The molecule has 4 aliphatic heterocycles. The number of aliphatic hydroxyl groups excluding tert-OH is 2. The first kappa shape index (κ1) is 24.5. The summed E-state index contributed by atoms with van der Waals surface area (Å²) in [6.45, 7) is 7.21. The van der Waals surface area contributed by atoms with Gasteiger partial charge < -0.3 is 25.0 Å². The van der Waals surface area contributed by atoms with Gasteiger partial charge >= 0.3 is 0 Å². The van der Waals surface area contributed by atoms with Crippen molar-refractivity contribution in [2.24, 2.45) is 5.92 Å². The van der Waals surface area contributed by atoms with E-state index in [1.807, 2.05) is 0 Å². The van der Waals surface area contributed by atoms with Crippen LogP contribution in [0.1, 0.15) is 56.8 Å². The van der Waals surface area contributed by atoms with Crippen molar-refractivity contribution in [2.45, 2.75) is 88.8 Å². The molecule has 4 aliphatic rings. The number of nitrogens with zero attached hydrogens (tertiary/aromatic N) is 2. The second-order valence-electron chi connectivity index (χ2n) is 10.3. The van der Waals surface area contributed by atoms with Gasteiger partial charge in [0.1, 0.15) is 30.6 Å². The highest BCUT2D eigenvalue weighted by molar-refractivity contribution is 5.34. The monoisotopic (exact) mass is 481 g/mol. The Morgan fingerprint density at radius 2 is 1.94 bits per heavy atom. The van der Waals surface area contributed by atoms with Gasteiger partial charge in [0, 0.05) is 31.7 Å². The topological polar surface area (TPSA) is 77.4 Å². The van der Waals surface area contributed by atoms with Gasteiger partial charge in [0.25, 0.3) is 0 Å². The van der Waals surface area contributed by atoms with Crippen LogP contribution < -0.4 is 5.32 Å². The molecule has 1 aromatic rings. The number of rotatable bonds is 6. The number of halogens is 2. The fourth-order valence-electron chi connectivity index (χ4n) is 6.33. The van der Waals surface area contributed by atoms with Gasteiger partial charge in [-0.3, -0.25) is 9.80 Å². The zero-order valence-electron chi connectivity index (χ0n) is 20.0. The van der Waals surface area contributed by atoms with Crippen LogP contribution >= 0.6 is 0 Å². The lowest BCUT2D eigenvalue weighted by molar-refractivity contribution is -0.158. The van der Waals surface area contributed by atoms with Gasteiger partial charge in [-0.15, -0.1) is 0 Å². The van der Waals surface area contributed by atoms with Gasteiger partial charge in [-0.05, 0) is 49.4 Å². The predicted molar refractivity (Wildman–Crippen MR) is 122 cm³/mol. The molecule has 0 aromatic heterocycles. The molecular weight excluding hydrogens is 444 g/mol. The molecule has 0 amide bonds. The third-order valence-electron chi connectivity index (χ3n) is 8.18. The third kappa shape index (κ3) is 4.30. The van der Waals surface area contributed by atoms with Crippen LogP contribution in [0.25, 0.3) is 0 Å². The van der Waals surface area contributed by atoms with E-state index < -0.39 is 42.3 Å². The van der Waals surface area contributed by atoms with Crippen molar-refractivity contribution in [1.82, 2.24) is 15.1 Å². The molecule has 7 nitrogen and oxygen atoms in total. The van der Waals surface area contributed by atoms with E-state index in [9.17, 15) is 19.0 Å². The normalized spacial score (nSPS) is 38.8. The minimum Gasteiger partial charge on any atom is -0.387 e. The maximum Gasteiger partial charge on any atom is 0.159 e. The second kappa shape index (κ2) is 10.0. The minimum atomic E-state index is -1.19. The summed E-state index contributed by atoms with van der Waals surface area (Å²) in [6, 6.07) is 2.69. The molecule has 3 fully saturated rings. The molecule has 0 saturated carbocycles. The van der Waals surface area contributed by atoms with Gasteiger partial charge in [-0.25, -0.2) is 8.78 Å². The number of fused-ring (bicyclic) bond motifs is 2. The van der Waals surface area contributed by atoms with Gasteiger partial charge in [-0.2, -0.15) is 0 Å². The lowest BCUT2D eigenvalue weighted by Gasteiger charge is -2.46. The quantitative estimate of drug-likeness (QED) is 0.538. The molecule has 3 N–H and O–H groups in total. The number of unbranched alkanes of at least 4 members (excludes halogenated alkanes) is 2. The smallest absolute Gasteiger partial charge is 0.159 e. The second-order valence-corrected chi connectivity index (χ2v) is 10.3. The molecule has 34 heavy (non-hydrogen) atoms. The standard InChI is InChI=1S/C25H37F2N3O4/c1-3-4-5-8-29-13-28-14(2)16-6-9-30(24(16)29)25-21(32)20(31)23(34-25)22-17-12-19(27)18(26)11-15(17)7-10-33-22/h11-12,14,16,20-25,28,31-32H,3-10,13H2,1-2H3/t14?,16?,20-,21+,22+,23-,24?,25+/m0/s1. The van der Waals surface area contributed by atoms with Gasteiger partial charge in [0.05, 0.1) is 12.8 Å². The first-order valence-electron chi connectivity index (χ1n) is 12.7. The van der Waals surface area contributed by atoms with Gasteiger partial charge in [-0.1, -0.05) is 19.8 Å². The van der Waals surface area contributed by atoms with Crippen LogP contribution in [0.5, 0.6) is 0 Å². The third-order valence-corrected chi connectivity index (χ3v) is 8.18. The number of benzene rings is 1. The van der Waals surface area contributed by atoms with Crippen molar-refractivity contribution in [2.75, 3.05) is 26.4 Å². The zero-order valence-corrected chi connectivity index (χ0v) is 20.0. The molecule has 3 saturated heterocycles. The molecule has 5 rings (SSSR count). The number of aliphatic hydroxyl groups is 2. The summed E-state index contributed by atoms with van der Waals surface area (Å²) in [5.41, 5.74) is 1.14. The van der Waals surface area contributed by atoms with E-state index in [-0.39, 0.29) is 6.17 Å². The minimum absolute atomic E-state index is 0.116. The summed E-state index contributed by atoms with van der Waals surface area (Å²) < 4.78 is 40.1. The van der Waals surface area contributed by atoms with Crippen LogP contribution in [0.3, 0.4) is 0 Å². The van der Waals surface area contributed by atoms with Gasteiger partial charge in [0.2, 0.25) is 0 Å². The number of ether oxygens (including phenoxy) is 2. The van der Waals surface area contributed by atoms with E-state index in [1.54, 1.807) is 0 Å². The SMILES string of the molecule is CCCCCN1CNC(C)C2CCN([C@@H]3O[C@H]([C@@H]4OCCc5cc(F)c(F)cc54)[C@@H](O)[C@H]3O)C21. The Labute approximate surface area is 200 Å². The predicted octanol–water partition coefficient (Wildman–Crippen LogP) is 2.11. The number of hydrogen-bond acceptors (Lipinski definition) is 7. The number of nitrogens with one attached hydrogen (secondary N) is 1. The lowest BCUT2D eigenvalue weighted by atomic mass is 9.91. The Balaban J connectivity index is 1.37. The van der Waals surface area contributed by atoms with Crippen LogP contribution in [0, 0.1) is 17.6 Å². The van der Waals surface area contributed by atoms with E-state index in [1.165, 1.54) is 12.5 Å². The average molecular weight is 482 g/mol. The van der Waals surface area contributed by atoms with Crippen molar-refractivity contribution >= 4 is 0 Å². The summed E-state index contributed by atoms with van der Waals surface area (Å²) >= 11 is 0.